The third-order valence-electron chi connectivity index (χ3n) is 1.81. The van der Waals surface area contributed by atoms with E-state index >= 15 is 0 Å². The van der Waals surface area contributed by atoms with Crippen molar-refractivity contribution in [3.05, 3.63) is 0 Å². The molecule has 6 N–H and O–H groups in total. The summed E-state index contributed by atoms with van der Waals surface area (Å²) in [6.45, 7) is -0.642. The van der Waals surface area contributed by atoms with Crippen molar-refractivity contribution in [1.82, 2.24) is 5.32 Å². The molecule has 1 aliphatic rings. The van der Waals surface area contributed by atoms with Gasteiger partial charge >= 0.3 is 7.82 Å². The molecule has 0 saturated carbocycles. The Morgan fingerprint density at radius 1 is 1.50 bits per heavy atom. The van der Waals surface area contributed by atoms with Crippen LogP contribution in [0, 0.1) is 0 Å². The average Bonchev–Trinajstić information content (AvgIpc) is 2.78. The highest BCUT2D eigenvalue weighted by Crippen LogP contribution is 2.36. The van der Waals surface area contributed by atoms with E-state index in [1.165, 1.54) is 0 Å². The van der Waals surface area contributed by atoms with Crippen molar-refractivity contribution in [1.29, 1.82) is 0 Å². The number of aliphatic hydroxyl groups excluding tert-OH is 2. The second-order valence-corrected chi connectivity index (χ2v) is 4.32. The smallest absolute Gasteiger partial charge is 0.388 e. The molecular weight excluding hydrogens is 217 g/mol. The van der Waals surface area contributed by atoms with Crippen LogP contribution in [0.3, 0.4) is 0 Å². The molecule has 0 spiro atoms. The Balaban J connectivity index is 2.35. The molecule has 0 unspecified atom stereocenters. The van der Waals surface area contributed by atoms with Crippen LogP contribution in [0.5, 0.6) is 0 Å². The van der Waals surface area contributed by atoms with E-state index in [9.17, 15) is 14.8 Å². The number of phosphoric ester groups is 1. The van der Waals surface area contributed by atoms with Crippen LogP contribution in [0.1, 0.15) is 0 Å². The summed E-state index contributed by atoms with van der Waals surface area (Å²) in [6, 6.07) is 0. The number of aliphatic hydroxyl groups is 3. The molecule has 1 heterocycles. The molecule has 8 nitrogen and oxygen atoms in total. The van der Waals surface area contributed by atoms with Gasteiger partial charge in [-0.15, -0.1) is 0 Å². The van der Waals surface area contributed by atoms with Crippen molar-refractivity contribution in [3.63, 3.8) is 0 Å². The average molecular weight is 229 g/mol. The Bertz CT molecular complexity index is 248. The number of hydrogen-bond acceptors (Lipinski definition) is 6. The summed E-state index contributed by atoms with van der Waals surface area (Å²) in [6.07, 6.45) is -3.11. The van der Waals surface area contributed by atoms with Gasteiger partial charge in [-0.05, 0) is 0 Å². The molecule has 84 valence electrons. The molecule has 1 rings (SSSR count). The first-order valence-electron chi connectivity index (χ1n) is 3.78. The SMILES string of the molecule is O=P(O)(O)OC[C@@H](O)[C@H](O)[C@@]1(O)CN1. The summed E-state index contributed by atoms with van der Waals surface area (Å²) in [4.78, 5) is 16.6. The lowest BCUT2D eigenvalue weighted by molar-refractivity contribution is -0.0890. The third-order valence-corrected chi connectivity index (χ3v) is 2.29. The Labute approximate surface area is 79.4 Å². The Kier molecular flexibility index (Phi) is 3.30. The number of nitrogens with one attached hydrogen (secondary N) is 1. The van der Waals surface area contributed by atoms with Gasteiger partial charge in [0.25, 0.3) is 0 Å². The van der Waals surface area contributed by atoms with Crippen molar-refractivity contribution in [2.75, 3.05) is 13.2 Å². The van der Waals surface area contributed by atoms with E-state index in [0.717, 1.165) is 0 Å². The maximum Gasteiger partial charge on any atom is 0.469 e. The highest BCUT2D eigenvalue weighted by molar-refractivity contribution is 7.46. The fourth-order valence-electron chi connectivity index (χ4n) is 0.883. The maximum atomic E-state index is 10.2. The van der Waals surface area contributed by atoms with Crippen LogP contribution >= 0.6 is 7.82 Å². The zero-order valence-electron chi connectivity index (χ0n) is 7.07. The lowest BCUT2D eigenvalue weighted by Gasteiger charge is -2.21. The molecule has 14 heavy (non-hydrogen) atoms. The lowest BCUT2D eigenvalue weighted by Crippen LogP contribution is -2.44. The number of rotatable bonds is 5. The van der Waals surface area contributed by atoms with Gasteiger partial charge in [0.2, 0.25) is 0 Å². The molecule has 3 atom stereocenters. The molecule has 1 saturated heterocycles. The Morgan fingerprint density at radius 3 is 2.36 bits per heavy atom. The molecule has 0 bridgehead atoms. The summed E-state index contributed by atoms with van der Waals surface area (Å²) in [5, 5.41) is 30.0. The summed E-state index contributed by atoms with van der Waals surface area (Å²) < 4.78 is 14.2. The van der Waals surface area contributed by atoms with Gasteiger partial charge in [0.05, 0.1) is 6.61 Å². The van der Waals surface area contributed by atoms with E-state index in [2.05, 4.69) is 9.84 Å². The minimum atomic E-state index is -4.66. The summed E-state index contributed by atoms with van der Waals surface area (Å²) >= 11 is 0. The predicted octanol–water partition coefficient (Wildman–Crippen LogP) is -2.89. The molecule has 0 radical (unpaired) electrons. The highest BCUT2D eigenvalue weighted by atomic mass is 31.2. The Hall–Kier alpha value is -0.0500. The van der Waals surface area contributed by atoms with Crippen molar-refractivity contribution in [2.45, 2.75) is 17.9 Å². The summed E-state index contributed by atoms with van der Waals surface area (Å²) in [5.74, 6) is 0. The zero-order valence-corrected chi connectivity index (χ0v) is 7.96. The first kappa shape index (κ1) is 12.0. The van der Waals surface area contributed by atoms with Gasteiger partial charge in [0.15, 0.2) is 5.72 Å². The first-order valence-corrected chi connectivity index (χ1v) is 5.31. The lowest BCUT2D eigenvalue weighted by atomic mass is 10.1. The molecule has 0 aliphatic carbocycles. The topological polar surface area (TPSA) is 149 Å². The van der Waals surface area contributed by atoms with Crippen LogP contribution in [0.25, 0.3) is 0 Å². The van der Waals surface area contributed by atoms with Crippen molar-refractivity contribution >= 4 is 7.82 Å². The van der Waals surface area contributed by atoms with Crippen LogP contribution in [0.15, 0.2) is 0 Å². The van der Waals surface area contributed by atoms with Crippen molar-refractivity contribution < 1.29 is 34.2 Å². The van der Waals surface area contributed by atoms with Crippen LogP contribution in [0.4, 0.5) is 0 Å². The monoisotopic (exact) mass is 229 g/mol. The largest absolute Gasteiger partial charge is 0.469 e. The van der Waals surface area contributed by atoms with Crippen molar-refractivity contribution in [3.8, 4) is 0 Å². The van der Waals surface area contributed by atoms with Gasteiger partial charge in [0.1, 0.15) is 12.2 Å². The van der Waals surface area contributed by atoms with Crippen LogP contribution in [-0.2, 0) is 9.09 Å². The van der Waals surface area contributed by atoms with Gasteiger partial charge in [0, 0.05) is 6.54 Å². The second kappa shape index (κ2) is 3.84. The standard InChI is InChI=1S/C5H12NO7P/c7-3(1-13-14(10,11)12)4(8)5(9)2-6-5/h3-4,6-9H,1-2H2,(H2,10,11,12)/t3-,4+,5+/m1/s1. The maximum absolute atomic E-state index is 10.2. The minimum Gasteiger partial charge on any atom is -0.388 e. The van der Waals surface area contributed by atoms with Crippen LogP contribution in [-0.4, -0.2) is 56.2 Å². The normalized spacial score (nSPS) is 31.2. The van der Waals surface area contributed by atoms with E-state index in [1.807, 2.05) is 0 Å². The molecule has 0 aromatic carbocycles. The second-order valence-electron chi connectivity index (χ2n) is 3.08. The molecule has 0 aromatic heterocycles. The van der Waals surface area contributed by atoms with E-state index in [-0.39, 0.29) is 6.54 Å². The fourth-order valence-corrected chi connectivity index (χ4v) is 1.23. The molecule has 1 fully saturated rings. The quantitative estimate of drug-likeness (QED) is 0.217. The highest BCUT2D eigenvalue weighted by Gasteiger charge is 2.50. The predicted molar refractivity (Wildman–Crippen MR) is 43.0 cm³/mol. The molecular formula is C5H12NO7P. The van der Waals surface area contributed by atoms with Crippen molar-refractivity contribution in [2.24, 2.45) is 0 Å². The van der Waals surface area contributed by atoms with Gasteiger partial charge in [-0.1, -0.05) is 0 Å². The Morgan fingerprint density at radius 2 is 2.00 bits per heavy atom. The number of β-amino-alcohol motifs (C(OH)–C–C–N with tert-alkyl or cyclic N) is 1. The number of hydrogen-bond donors (Lipinski definition) is 6. The summed E-state index contributed by atoms with van der Waals surface area (Å²) in [5.41, 5.74) is -1.57. The van der Waals surface area contributed by atoms with E-state index < -0.39 is 32.4 Å². The molecule has 1 aliphatic heterocycles. The third kappa shape index (κ3) is 3.26. The number of phosphoric acid groups is 1. The van der Waals surface area contributed by atoms with Gasteiger partial charge < -0.3 is 25.1 Å². The molecule has 0 amide bonds. The van der Waals surface area contributed by atoms with Crippen LogP contribution in [0.2, 0.25) is 0 Å². The van der Waals surface area contributed by atoms with Gasteiger partial charge in [-0.25, -0.2) is 4.57 Å². The first-order chi connectivity index (χ1) is 6.25. The molecule has 0 aromatic rings. The minimum absolute atomic E-state index is 0.112. The van der Waals surface area contributed by atoms with E-state index in [4.69, 9.17) is 14.9 Å². The zero-order chi connectivity index (χ0) is 11.0. The van der Waals surface area contributed by atoms with Gasteiger partial charge in [-0.3, -0.25) is 9.84 Å². The van der Waals surface area contributed by atoms with E-state index in [0.29, 0.717) is 0 Å². The summed E-state index contributed by atoms with van der Waals surface area (Å²) in [7, 11) is -4.66. The molecule has 9 heteroatoms. The fraction of sp³-hybridized carbons (Fsp3) is 1.00. The van der Waals surface area contributed by atoms with Crippen LogP contribution < -0.4 is 5.32 Å². The van der Waals surface area contributed by atoms with Gasteiger partial charge in [-0.2, -0.15) is 0 Å². The van der Waals surface area contributed by atoms with E-state index in [1.54, 1.807) is 0 Å².